The molecule has 1 amide bonds. The summed E-state index contributed by atoms with van der Waals surface area (Å²) < 4.78 is 5.88. The number of benzene rings is 1. The van der Waals surface area contributed by atoms with Crippen molar-refractivity contribution in [2.45, 2.75) is 19.8 Å². The van der Waals surface area contributed by atoms with Gasteiger partial charge in [-0.3, -0.25) is 4.79 Å². The molecule has 0 aliphatic heterocycles. The molecule has 0 aliphatic rings. The van der Waals surface area contributed by atoms with Gasteiger partial charge in [-0.1, -0.05) is 18.2 Å². The fraction of sp³-hybridized carbons (Fsp3) is 0.550. The highest BCUT2D eigenvalue weighted by Gasteiger charge is 2.22. The van der Waals surface area contributed by atoms with Gasteiger partial charge in [-0.2, -0.15) is 0 Å². The zero-order chi connectivity index (χ0) is 18.4. The Labute approximate surface area is 151 Å². The number of rotatable bonds is 9. The van der Waals surface area contributed by atoms with Gasteiger partial charge in [0.1, 0.15) is 5.58 Å². The van der Waals surface area contributed by atoms with Crippen molar-refractivity contribution in [2.24, 2.45) is 0 Å². The van der Waals surface area contributed by atoms with Crippen LogP contribution in [0.5, 0.6) is 0 Å². The minimum Gasteiger partial charge on any atom is -0.451 e. The summed E-state index contributed by atoms with van der Waals surface area (Å²) in [6.45, 7) is 5.41. The number of fused-ring (bicyclic) bond motifs is 1. The Hall–Kier alpha value is -1.85. The maximum absolute atomic E-state index is 13.1. The maximum atomic E-state index is 13.1. The van der Waals surface area contributed by atoms with Gasteiger partial charge in [0.05, 0.1) is 0 Å². The summed E-state index contributed by atoms with van der Waals surface area (Å²) in [5.41, 5.74) is 1.72. The van der Waals surface area contributed by atoms with E-state index in [4.69, 9.17) is 4.42 Å². The van der Waals surface area contributed by atoms with Crippen molar-refractivity contribution in [3.05, 3.63) is 35.6 Å². The molecule has 25 heavy (non-hydrogen) atoms. The quantitative estimate of drug-likeness (QED) is 0.700. The monoisotopic (exact) mass is 345 g/mol. The second-order valence-corrected chi connectivity index (χ2v) is 7.16. The first-order valence-corrected chi connectivity index (χ1v) is 8.97. The molecule has 2 rings (SSSR count). The number of furan rings is 1. The number of amides is 1. The normalized spacial score (nSPS) is 11.6. The van der Waals surface area contributed by atoms with E-state index < -0.39 is 0 Å². The lowest BCUT2D eigenvalue weighted by atomic mass is 10.1. The molecule has 0 spiro atoms. The third-order valence-corrected chi connectivity index (χ3v) is 4.39. The molecule has 0 atom stereocenters. The van der Waals surface area contributed by atoms with Crippen LogP contribution in [0.4, 0.5) is 0 Å². The van der Waals surface area contributed by atoms with E-state index in [9.17, 15) is 4.79 Å². The van der Waals surface area contributed by atoms with Gasteiger partial charge < -0.3 is 19.1 Å². The lowest BCUT2D eigenvalue weighted by Gasteiger charge is -2.23. The molecule has 1 heterocycles. The summed E-state index contributed by atoms with van der Waals surface area (Å²) in [5.74, 6) is 0.488. The lowest BCUT2D eigenvalue weighted by Crippen LogP contribution is -2.35. The topological polar surface area (TPSA) is 39.9 Å². The number of hydrogen-bond acceptors (Lipinski definition) is 4. The Kier molecular flexibility index (Phi) is 7.02. The zero-order valence-electron chi connectivity index (χ0n) is 16.2. The first-order chi connectivity index (χ1) is 11.9. The summed E-state index contributed by atoms with van der Waals surface area (Å²) >= 11 is 0. The van der Waals surface area contributed by atoms with Gasteiger partial charge in [-0.05, 0) is 67.1 Å². The van der Waals surface area contributed by atoms with Crippen molar-refractivity contribution in [1.82, 2.24) is 14.7 Å². The van der Waals surface area contributed by atoms with Crippen molar-refractivity contribution in [3.63, 3.8) is 0 Å². The highest BCUT2D eigenvalue weighted by atomic mass is 16.3. The van der Waals surface area contributed by atoms with E-state index in [2.05, 4.69) is 38.0 Å². The van der Waals surface area contributed by atoms with Gasteiger partial charge >= 0.3 is 0 Å². The van der Waals surface area contributed by atoms with E-state index in [1.807, 2.05) is 36.1 Å². The standard InChI is InChI=1S/C20H31N3O2/c1-16-17-10-6-7-11-18(17)25-19(16)20(24)23(14-8-12-21(2)3)15-9-13-22(4)5/h6-7,10-11H,8-9,12-15H2,1-5H3. The Morgan fingerprint density at radius 2 is 1.48 bits per heavy atom. The van der Waals surface area contributed by atoms with E-state index in [1.54, 1.807) is 0 Å². The summed E-state index contributed by atoms with van der Waals surface area (Å²) in [7, 11) is 8.23. The molecular weight excluding hydrogens is 314 g/mol. The van der Waals surface area contributed by atoms with Gasteiger partial charge in [-0.25, -0.2) is 0 Å². The van der Waals surface area contributed by atoms with E-state index in [0.717, 1.165) is 55.6 Å². The SMILES string of the molecule is Cc1c(C(=O)N(CCCN(C)C)CCCN(C)C)oc2ccccc12. The molecule has 5 nitrogen and oxygen atoms in total. The van der Waals surface area contributed by atoms with Crippen LogP contribution in [-0.4, -0.2) is 75.0 Å². The molecule has 0 N–H and O–H groups in total. The molecule has 0 fully saturated rings. The number of hydrogen-bond donors (Lipinski definition) is 0. The Morgan fingerprint density at radius 3 is 2.00 bits per heavy atom. The van der Waals surface area contributed by atoms with Gasteiger partial charge in [0.25, 0.3) is 5.91 Å². The molecule has 0 radical (unpaired) electrons. The molecule has 1 aromatic carbocycles. The fourth-order valence-electron chi connectivity index (χ4n) is 2.99. The van der Waals surface area contributed by atoms with Crippen molar-refractivity contribution in [3.8, 4) is 0 Å². The highest BCUT2D eigenvalue weighted by molar-refractivity contribution is 5.98. The van der Waals surface area contributed by atoms with Crippen LogP contribution in [-0.2, 0) is 0 Å². The maximum Gasteiger partial charge on any atom is 0.289 e. The lowest BCUT2D eigenvalue weighted by molar-refractivity contribution is 0.0714. The average molecular weight is 345 g/mol. The second-order valence-electron chi connectivity index (χ2n) is 7.16. The van der Waals surface area contributed by atoms with Crippen LogP contribution < -0.4 is 0 Å². The first-order valence-electron chi connectivity index (χ1n) is 8.97. The summed E-state index contributed by atoms with van der Waals surface area (Å²) in [4.78, 5) is 19.3. The van der Waals surface area contributed by atoms with Crippen molar-refractivity contribution >= 4 is 16.9 Å². The Balaban J connectivity index is 2.15. The molecule has 0 unspecified atom stereocenters. The molecule has 0 aliphatic carbocycles. The molecule has 0 saturated heterocycles. The van der Waals surface area contributed by atoms with Gasteiger partial charge in [-0.15, -0.1) is 0 Å². The molecule has 5 heteroatoms. The smallest absolute Gasteiger partial charge is 0.289 e. The van der Waals surface area contributed by atoms with E-state index in [0.29, 0.717) is 5.76 Å². The fourth-order valence-corrected chi connectivity index (χ4v) is 2.99. The largest absolute Gasteiger partial charge is 0.451 e. The number of aryl methyl sites for hydroxylation is 1. The minimum absolute atomic E-state index is 0.00575. The summed E-state index contributed by atoms with van der Waals surface area (Å²) in [6, 6.07) is 7.84. The van der Waals surface area contributed by atoms with Crippen LogP contribution >= 0.6 is 0 Å². The molecule has 0 saturated carbocycles. The predicted octanol–water partition coefficient (Wildman–Crippen LogP) is 3.09. The van der Waals surface area contributed by atoms with Crippen LogP contribution in [0.3, 0.4) is 0 Å². The predicted molar refractivity (Wildman–Crippen MR) is 103 cm³/mol. The van der Waals surface area contributed by atoms with E-state index in [-0.39, 0.29) is 5.91 Å². The van der Waals surface area contributed by atoms with E-state index in [1.165, 1.54) is 0 Å². The number of carbonyl (C=O) groups excluding carboxylic acids is 1. The first kappa shape index (κ1) is 19.5. The third kappa shape index (κ3) is 5.31. The molecule has 138 valence electrons. The second kappa shape index (κ2) is 9.02. The van der Waals surface area contributed by atoms with Crippen LogP contribution in [0.1, 0.15) is 29.0 Å². The number of para-hydroxylation sites is 1. The molecule has 0 bridgehead atoms. The number of carbonyl (C=O) groups is 1. The average Bonchev–Trinajstić information content (AvgIpc) is 2.89. The Bertz CT molecular complexity index is 677. The van der Waals surface area contributed by atoms with Gasteiger partial charge in [0.2, 0.25) is 0 Å². The number of nitrogens with zero attached hydrogens (tertiary/aromatic N) is 3. The minimum atomic E-state index is 0.00575. The third-order valence-electron chi connectivity index (χ3n) is 4.39. The van der Waals surface area contributed by atoms with Crippen molar-refractivity contribution < 1.29 is 9.21 Å². The highest BCUT2D eigenvalue weighted by Crippen LogP contribution is 2.26. The van der Waals surface area contributed by atoms with Crippen LogP contribution in [0.15, 0.2) is 28.7 Å². The Morgan fingerprint density at radius 1 is 0.920 bits per heavy atom. The van der Waals surface area contributed by atoms with Gasteiger partial charge in [0, 0.05) is 24.0 Å². The molecular formula is C20H31N3O2. The summed E-state index contributed by atoms with van der Waals surface area (Å²) in [5, 5.41) is 1.02. The van der Waals surface area contributed by atoms with Gasteiger partial charge in [0.15, 0.2) is 5.76 Å². The zero-order valence-corrected chi connectivity index (χ0v) is 16.2. The van der Waals surface area contributed by atoms with Crippen LogP contribution in [0.2, 0.25) is 0 Å². The van der Waals surface area contributed by atoms with E-state index >= 15 is 0 Å². The van der Waals surface area contributed by atoms with Crippen molar-refractivity contribution in [1.29, 1.82) is 0 Å². The summed E-state index contributed by atoms with van der Waals surface area (Å²) in [6.07, 6.45) is 1.92. The van der Waals surface area contributed by atoms with Crippen LogP contribution in [0.25, 0.3) is 11.0 Å². The van der Waals surface area contributed by atoms with Crippen LogP contribution in [0, 0.1) is 6.92 Å². The molecule has 2 aromatic rings. The molecule has 1 aromatic heterocycles. The van der Waals surface area contributed by atoms with Crippen molar-refractivity contribution in [2.75, 3.05) is 54.4 Å².